The molecule has 0 radical (unpaired) electrons. The number of ether oxygens (including phenoxy) is 1. The van der Waals surface area contributed by atoms with Crippen LogP contribution in [0.5, 0.6) is 0 Å². The van der Waals surface area contributed by atoms with Crippen LogP contribution in [0.2, 0.25) is 5.15 Å². The smallest absolute Gasteiger partial charge is 0.287 e. The molecule has 1 saturated heterocycles. The van der Waals surface area contributed by atoms with E-state index < -0.39 is 0 Å². The molecule has 3 N–H and O–H groups in total. The lowest BCUT2D eigenvalue weighted by molar-refractivity contribution is 0.0418. The van der Waals surface area contributed by atoms with E-state index in [1.165, 1.54) is 24.6 Å². The van der Waals surface area contributed by atoms with E-state index in [0.717, 1.165) is 18.1 Å². The van der Waals surface area contributed by atoms with Gasteiger partial charge >= 0.3 is 0 Å². The number of aromatic nitrogens is 3. The van der Waals surface area contributed by atoms with Gasteiger partial charge in [0, 0.05) is 32.7 Å². The van der Waals surface area contributed by atoms with Crippen molar-refractivity contribution in [2.75, 3.05) is 38.8 Å². The highest BCUT2D eigenvalue weighted by Crippen LogP contribution is 2.28. The van der Waals surface area contributed by atoms with Gasteiger partial charge in [0.15, 0.2) is 16.1 Å². The molecule has 2 aromatic rings. The normalized spacial score (nSPS) is 19.2. The predicted molar refractivity (Wildman–Crippen MR) is 108 cm³/mol. The summed E-state index contributed by atoms with van der Waals surface area (Å²) in [7, 11) is 3.03. The summed E-state index contributed by atoms with van der Waals surface area (Å²) in [6, 6.07) is 0. The van der Waals surface area contributed by atoms with E-state index in [4.69, 9.17) is 16.3 Å². The lowest BCUT2D eigenvalue weighted by Crippen LogP contribution is -2.48. The van der Waals surface area contributed by atoms with Crippen molar-refractivity contribution < 1.29 is 19.2 Å². The van der Waals surface area contributed by atoms with Crippen LogP contribution in [0.15, 0.2) is 6.20 Å². The van der Waals surface area contributed by atoms with E-state index in [1.54, 1.807) is 14.0 Å². The number of carbonyl (C=O) groups excluding carboxylic acids is 2. The zero-order valence-electron chi connectivity index (χ0n) is 16.3. The molecular formula is C17H23ClN6O4S. The Morgan fingerprint density at radius 2 is 2.21 bits per heavy atom. The van der Waals surface area contributed by atoms with Gasteiger partial charge in [0.25, 0.3) is 11.8 Å². The first kappa shape index (κ1) is 21.5. The Bertz CT molecular complexity index is 852. The van der Waals surface area contributed by atoms with Crippen molar-refractivity contribution in [1.29, 1.82) is 0 Å². The monoisotopic (exact) mass is 442 g/mol. The van der Waals surface area contributed by atoms with E-state index in [-0.39, 0.29) is 29.7 Å². The Balaban J connectivity index is 1.56. The zero-order chi connectivity index (χ0) is 21.0. The second-order valence-electron chi connectivity index (χ2n) is 6.62. The lowest BCUT2D eigenvalue weighted by atomic mass is 9.94. The van der Waals surface area contributed by atoms with Gasteiger partial charge in [-0.2, -0.15) is 0 Å². The number of piperidine rings is 1. The zero-order valence-corrected chi connectivity index (χ0v) is 17.9. The molecule has 2 aromatic heterocycles. The highest BCUT2D eigenvalue weighted by Gasteiger charge is 2.31. The minimum Gasteiger partial charge on any atom is -0.379 e. The fraction of sp³-hybridized carbons (Fsp3) is 0.529. The van der Waals surface area contributed by atoms with Gasteiger partial charge in [-0.05, 0) is 13.3 Å². The second-order valence-corrected chi connectivity index (χ2v) is 7.99. The molecule has 0 aromatic carbocycles. The second kappa shape index (κ2) is 9.53. The van der Waals surface area contributed by atoms with Crippen LogP contribution in [-0.2, 0) is 9.57 Å². The van der Waals surface area contributed by atoms with E-state index in [1.807, 2.05) is 0 Å². The van der Waals surface area contributed by atoms with Crippen molar-refractivity contribution in [3.8, 4) is 0 Å². The number of H-pyrrole nitrogens is 1. The number of aryl methyl sites for hydroxylation is 1. The summed E-state index contributed by atoms with van der Waals surface area (Å²) in [5, 5.41) is 3.93. The molecule has 1 aliphatic rings. The number of carbonyl (C=O) groups is 2. The molecular weight excluding hydrogens is 420 g/mol. The number of halogens is 1. The number of anilines is 1. The summed E-state index contributed by atoms with van der Waals surface area (Å²) in [6.45, 7) is 3.57. The number of nitrogens with zero attached hydrogens (tertiary/aromatic N) is 3. The molecule has 3 rings (SSSR count). The maximum atomic E-state index is 12.3. The van der Waals surface area contributed by atoms with Crippen molar-refractivity contribution in [3.05, 3.63) is 27.7 Å². The number of aromatic amines is 1. The summed E-state index contributed by atoms with van der Waals surface area (Å²) in [4.78, 5) is 42.5. The summed E-state index contributed by atoms with van der Waals surface area (Å²) in [6.07, 6.45) is 2.24. The van der Waals surface area contributed by atoms with Crippen LogP contribution in [0, 0.1) is 12.8 Å². The molecule has 158 valence electrons. The molecule has 2 amide bonds. The largest absolute Gasteiger partial charge is 0.379 e. The summed E-state index contributed by atoms with van der Waals surface area (Å²) in [5.41, 5.74) is 2.94. The highest BCUT2D eigenvalue weighted by molar-refractivity contribution is 7.17. The molecule has 1 aliphatic heterocycles. The van der Waals surface area contributed by atoms with E-state index in [0.29, 0.717) is 28.8 Å². The molecule has 1 unspecified atom stereocenters. The Morgan fingerprint density at radius 1 is 1.41 bits per heavy atom. The number of nitrogens with one attached hydrogen (secondary N) is 3. The SMILES string of the molecule is CONC(=O)c1cnc(N2CCC(CNC(=O)c3nc(Cl)c(C)[nH]3)[C@@H](OC)C2)s1. The quantitative estimate of drug-likeness (QED) is 0.554. The fourth-order valence-electron chi connectivity index (χ4n) is 3.15. The van der Waals surface area contributed by atoms with Crippen molar-refractivity contribution in [3.63, 3.8) is 0 Å². The molecule has 0 spiro atoms. The van der Waals surface area contributed by atoms with Gasteiger partial charge in [-0.15, -0.1) is 0 Å². The standard InChI is InChI=1S/C17H23ClN6O4S/c1-9-13(18)22-14(21-9)16(26)19-6-10-4-5-24(8-11(10)27-2)17-20-7-12(29-17)15(25)23-28-3/h7,10-11H,4-6,8H2,1-3H3,(H,19,26)(H,21,22)(H,23,25)/t10?,11-/m0/s1. The van der Waals surface area contributed by atoms with Gasteiger partial charge in [0.1, 0.15) is 4.88 Å². The molecule has 10 nitrogen and oxygen atoms in total. The summed E-state index contributed by atoms with van der Waals surface area (Å²) in [5.74, 6) is -0.289. The average Bonchev–Trinajstić information content (AvgIpc) is 3.33. The van der Waals surface area contributed by atoms with Crippen LogP contribution in [0.4, 0.5) is 5.13 Å². The van der Waals surface area contributed by atoms with Gasteiger partial charge < -0.3 is 19.9 Å². The first-order chi connectivity index (χ1) is 13.9. The molecule has 1 fully saturated rings. The fourth-order valence-corrected chi connectivity index (χ4v) is 4.12. The number of methoxy groups -OCH3 is 1. The minimum atomic E-state index is -0.328. The maximum Gasteiger partial charge on any atom is 0.287 e. The first-order valence-electron chi connectivity index (χ1n) is 9.00. The molecule has 0 bridgehead atoms. The molecule has 2 atom stereocenters. The molecule has 29 heavy (non-hydrogen) atoms. The van der Waals surface area contributed by atoms with Gasteiger partial charge in [-0.25, -0.2) is 15.4 Å². The van der Waals surface area contributed by atoms with Crippen molar-refractivity contribution in [2.24, 2.45) is 5.92 Å². The van der Waals surface area contributed by atoms with Crippen molar-refractivity contribution in [1.82, 2.24) is 25.7 Å². The highest BCUT2D eigenvalue weighted by atomic mass is 35.5. The van der Waals surface area contributed by atoms with E-state index in [2.05, 4.69) is 35.5 Å². The van der Waals surface area contributed by atoms with Gasteiger partial charge in [-0.3, -0.25) is 14.4 Å². The Labute approximate surface area is 176 Å². The van der Waals surface area contributed by atoms with Crippen LogP contribution in [0.1, 0.15) is 32.4 Å². The number of rotatable bonds is 7. The Kier molecular flexibility index (Phi) is 7.06. The average molecular weight is 443 g/mol. The van der Waals surface area contributed by atoms with Crippen molar-refractivity contribution in [2.45, 2.75) is 19.4 Å². The Hall–Kier alpha value is -2.21. The molecule has 0 saturated carbocycles. The number of hydrogen-bond donors (Lipinski definition) is 3. The third-order valence-electron chi connectivity index (χ3n) is 4.75. The minimum absolute atomic E-state index is 0.0915. The summed E-state index contributed by atoms with van der Waals surface area (Å²) < 4.78 is 5.65. The van der Waals surface area contributed by atoms with Crippen LogP contribution in [0.25, 0.3) is 0 Å². The maximum absolute atomic E-state index is 12.3. The third kappa shape index (κ3) is 5.04. The van der Waals surface area contributed by atoms with Crippen LogP contribution in [0.3, 0.4) is 0 Å². The number of amides is 2. The number of hydrogen-bond acceptors (Lipinski definition) is 8. The Morgan fingerprint density at radius 3 is 2.86 bits per heavy atom. The van der Waals surface area contributed by atoms with E-state index in [9.17, 15) is 9.59 Å². The third-order valence-corrected chi connectivity index (χ3v) is 6.17. The van der Waals surface area contributed by atoms with Crippen LogP contribution in [-0.4, -0.2) is 66.7 Å². The van der Waals surface area contributed by atoms with Crippen LogP contribution < -0.4 is 15.7 Å². The number of hydroxylamine groups is 1. The predicted octanol–water partition coefficient (Wildman–Crippen LogP) is 1.39. The number of imidazole rings is 1. The van der Waals surface area contributed by atoms with E-state index >= 15 is 0 Å². The first-order valence-corrected chi connectivity index (χ1v) is 10.2. The van der Waals surface area contributed by atoms with Crippen LogP contribution >= 0.6 is 22.9 Å². The summed E-state index contributed by atoms with van der Waals surface area (Å²) >= 11 is 7.19. The number of thiazole rings is 1. The molecule has 12 heteroatoms. The van der Waals surface area contributed by atoms with Gasteiger partial charge in [0.05, 0.1) is 25.1 Å². The topological polar surface area (TPSA) is 121 Å². The van der Waals surface area contributed by atoms with Crippen molar-refractivity contribution >= 4 is 39.9 Å². The lowest BCUT2D eigenvalue weighted by Gasteiger charge is -2.37. The van der Waals surface area contributed by atoms with Gasteiger partial charge in [-0.1, -0.05) is 22.9 Å². The molecule has 0 aliphatic carbocycles. The molecule has 3 heterocycles. The van der Waals surface area contributed by atoms with Gasteiger partial charge in [0.2, 0.25) is 0 Å².